The number of rotatable bonds is 12. The predicted molar refractivity (Wildman–Crippen MR) is 111 cm³/mol. The molecule has 146 valence electrons. The molecule has 0 aromatic heterocycles. The van der Waals surface area contributed by atoms with Gasteiger partial charge < -0.3 is 0 Å². The van der Waals surface area contributed by atoms with Gasteiger partial charge in [-0.1, -0.05) is 0 Å². The third kappa shape index (κ3) is 4.44. The molecule has 4 unspecified atom stereocenters. The molecule has 2 bridgehead atoms. The zero-order valence-electron chi connectivity index (χ0n) is 17.5. The summed E-state index contributed by atoms with van der Waals surface area (Å²) in [6.45, 7) is 8.31. The Morgan fingerprint density at radius 3 is 2.12 bits per heavy atom. The number of hydrogen-bond acceptors (Lipinski definition) is 1. The zero-order chi connectivity index (χ0) is 17.8. The molecule has 3 fully saturated rings. The van der Waals surface area contributed by atoms with Crippen LogP contribution in [0.3, 0.4) is 0 Å². The maximum atomic E-state index is 7.26. The SMILES string of the molecule is CCC[CH2][Sn]([CH2]CCC)([CH2]CCC)[O]CC12CCC(C1)C1CCCC12. The minimum absolute atomic E-state index is 0.638. The molecule has 0 aromatic carbocycles. The average Bonchev–Trinajstić information content (AvgIpc) is 3.33. The number of hydrogen-bond donors (Lipinski definition) is 0. The van der Waals surface area contributed by atoms with Crippen LogP contribution >= 0.6 is 0 Å². The van der Waals surface area contributed by atoms with Crippen molar-refractivity contribution >= 4 is 18.8 Å². The normalized spacial score (nSPS) is 34.0. The van der Waals surface area contributed by atoms with Crippen molar-refractivity contribution in [1.82, 2.24) is 0 Å². The Bertz CT molecular complexity index is 387. The molecule has 3 aliphatic rings. The first-order valence-electron chi connectivity index (χ1n) is 11.8. The Kier molecular flexibility index (Phi) is 7.63. The van der Waals surface area contributed by atoms with E-state index in [0.717, 1.165) is 17.8 Å². The summed E-state index contributed by atoms with van der Waals surface area (Å²) in [5.74, 6) is 3.24. The van der Waals surface area contributed by atoms with Crippen LogP contribution in [-0.2, 0) is 3.07 Å². The van der Waals surface area contributed by atoms with Crippen LogP contribution in [0.15, 0.2) is 0 Å². The third-order valence-electron chi connectivity index (χ3n) is 8.27. The van der Waals surface area contributed by atoms with Crippen LogP contribution in [0.5, 0.6) is 0 Å². The van der Waals surface area contributed by atoms with Crippen molar-refractivity contribution in [1.29, 1.82) is 0 Å². The molecule has 1 nitrogen and oxygen atoms in total. The monoisotopic (exact) mass is 456 g/mol. The molecule has 0 N–H and O–H groups in total. The van der Waals surface area contributed by atoms with Crippen LogP contribution in [0.1, 0.15) is 97.8 Å². The Morgan fingerprint density at radius 2 is 1.52 bits per heavy atom. The van der Waals surface area contributed by atoms with Gasteiger partial charge in [0.25, 0.3) is 0 Å². The van der Waals surface area contributed by atoms with Crippen LogP contribution in [-0.4, -0.2) is 25.4 Å². The number of fused-ring (bicyclic) bond motifs is 5. The summed E-state index contributed by atoms with van der Waals surface area (Å²) in [5, 5.41) is 0. The Hall–Kier alpha value is 0.759. The molecule has 2 heteroatoms. The van der Waals surface area contributed by atoms with E-state index >= 15 is 0 Å². The minimum atomic E-state index is -2.39. The molecular formula is C23H44OSn. The van der Waals surface area contributed by atoms with Crippen molar-refractivity contribution in [3.05, 3.63) is 0 Å². The van der Waals surface area contributed by atoms with Crippen molar-refractivity contribution in [3.63, 3.8) is 0 Å². The molecule has 0 spiro atoms. The molecule has 25 heavy (non-hydrogen) atoms. The van der Waals surface area contributed by atoms with Gasteiger partial charge in [0.2, 0.25) is 0 Å². The summed E-state index contributed by atoms with van der Waals surface area (Å²) in [6.07, 6.45) is 17.6. The van der Waals surface area contributed by atoms with E-state index < -0.39 is 18.8 Å². The second kappa shape index (κ2) is 9.30. The molecule has 0 heterocycles. The van der Waals surface area contributed by atoms with Gasteiger partial charge in [-0.2, -0.15) is 0 Å². The van der Waals surface area contributed by atoms with Crippen molar-refractivity contribution in [2.75, 3.05) is 6.61 Å². The summed E-state index contributed by atoms with van der Waals surface area (Å²) < 4.78 is 11.8. The molecule has 0 amide bonds. The molecule has 0 aromatic rings. The standard InChI is InChI=1S/C11H17O.3C4H9.Sn/c12-7-11-5-4-8(6-11)9-2-1-3-10(9)11;3*1-3-4-2;/h8-10H,1-7H2;3*1,3-4H2,2H3;/q-1;;;;+1. The van der Waals surface area contributed by atoms with E-state index in [2.05, 4.69) is 20.8 Å². The summed E-state index contributed by atoms with van der Waals surface area (Å²) in [7, 11) is 0. The van der Waals surface area contributed by atoms with Crippen LogP contribution in [0.25, 0.3) is 0 Å². The van der Waals surface area contributed by atoms with Crippen LogP contribution in [0, 0.1) is 23.2 Å². The van der Waals surface area contributed by atoms with Gasteiger partial charge in [-0.15, -0.1) is 0 Å². The van der Waals surface area contributed by atoms with Gasteiger partial charge in [-0.05, 0) is 0 Å². The van der Waals surface area contributed by atoms with Gasteiger partial charge in [-0.3, -0.25) is 0 Å². The van der Waals surface area contributed by atoms with E-state index in [9.17, 15) is 0 Å². The molecule has 3 aliphatic carbocycles. The molecule has 4 atom stereocenters. The van der Waals surface area contributed by atoms with Crippen LogP contribution in [0.4, 0.5) is 0 Å². The van der Waals surface area contributed by atoms with Crippen molar-refractivity contribution in [2.24, 2.45) is 23.2 Å². The van der Waals surface area contributed by atoms with Crippen molar-refractivity contribution in [2.45, 2.75) is 111 Å². The Labute approximate surface area is 162 Å². The van der Waals surface area contributed by atoms with Crippen LogP contribution in [0.2, 0.25) is 13.3 Å². The third-order valence-corrected chi connectivity index (χ3v) is 21.3. The van der Waals surface area contributed by atoms with Crippen molar-refractivity contribution < 1.29 is 3.07 Å². The van der Waals surface area contributed by atoms with Gasteiger partial charge in [-0.25, -0.2) is 0 Å². The zero-order valence-corrected chi connectivity index (χ0v) is 20.3. The summed E-state index contributed by atoms with van der Waals surface area (Å²) >= 11 is -2.39. The topological polar surface area (TPSA) is 9.23 Å². The van der Waals surface area contributed by atoms with Gasteiger partial charge >= 0.3 is 163 Å². The molecule has 3 rings (SSSR count). The average molecular weight is 455 g/mol. The molecule has 0 saturated heterocycles. The number of unbranched alkanes of at least 4 members (excludes halogenated alkanes) is 3. The molecular weight excluding hydrogens is 411 g/mol. The van der Waals surface area contributed by atoms with E-state index in [1.54, 1.807) is 12.8 Å². The van der Waals surface area contributed by atoms with E-state index in [-0.39, 0.29) is 0 Å². The fourth-order valence-electron chi connectivity index (χ4n) is 6.84. The van der Waals surface area contributed by atoms with Crippen LogP contribution < -0.4 is 0 Å². The maximum absolute atomic E-state index is 7.26. The van der Waals surface area contributed by atoms with E-state index in [1.807, 2.05) is 0 Å². The van der Waals surface area contributed by atoms with Crippen molar-refractivity contribution in [3.8, 4) is 0 Å². The second-order valence-electron chi connectivity index (χ2n) is 9.85. The predicted octanol–water partition coefficient (Wildman–Crippen LogP) is 7.57. The first-order valence-corrected chi connectivity index (χ1v) is 19.0. The summed E-state index contributed by atoms with van der Waals surface area (Å²) in [6, 6.07) is 0. The van der Waals surface area contributed by atoms with Gasteiger partial charge in [0, 0.05) is 0 Å². The van der Waals surface area contributed by atoms with Gasteiger partial charge in [0.15, 0.2) is 0 Å². The van der Waals surface area contributed by atoms with Gasteiger partial charge in [0.1, 0.15) is 0 Å². The quantitative estimate of drug-likeness (QED) is 0.276. The second-order valence-corrected chi connectivity index (χ2v) is 21.7. The molecule has 3 saturated carbocycles. The first kappa shape index (κ1) is 20.5. The Morgan fingerprint density at radius 1 is 0.880 bits per heavy atom. The Balaban J connectivity index is 1.67. The first-order chi connectivity index (χ1) is 12.2. The fourth-order valence-corrected chi connectivity index (χ4v) is 20.5. The van der Waals surface area contributed by atoms with E-state index in [1.165, 1.54) is 84.1 Å². The molecule has 0 radical (unpaired) electrons. The molecule has 0 aliphatic heterocycles. The van der Waals surface area contributed by atoms with Gasteiger partial charge in [0.05, 0.1) is 0 Å². The van der Waals surface area contributed by atoms with E-state index in [0.29, 0.717) is 5.41 Å². The van der Waals surface area contributed by atoms with E-state index in [4.69, 9.17) is 3.07 Å². The summed E-state index contributed by atoms with van der Waals surface area (Å²) in [4.78, 5) is 0. The summed E-state index contributed by atoms with van der Waals surface area (Å²) in [5.41, 5.74) is 0.638. The fraction of sp³-hybridized carbons (Fsp3) is 1.00.